The molecule has 0 unspecified atom stereocenters. The van der Waals surface area contributed by atoms with Gasteiger partial charge >= 0.3 is 29.6 Å². The molecule has 0 aliphatic carbocycles. The Morgan fingerprint density at radius 3 is 2.77 bits per heavy atom. The molecule has 0 bridgehead atoms. The SMILES string of the molecule is CCCCn1c([O-])cc2nn(-c3nc4ccccc4s3)c(=O)c-2c1C.[Na+]. The van der Waals surface area contributed by atoms with Gasteiger partial charge in [-0.25, -0.2) is 4.98 Å². The summed E-state index contributed by atoms with van der Waals surface area (Å²) in [7, 11) is 0. The second-order valence-corrected chi connectivity index (χ2v) is 7.02. The minimum atomic E-state index is -0.225. The Balaban J connectivity index is 0.00000196. The van der Waals surface area contributed by atoms with Crippen LogP contribution in [0.15, 0.2) is 35.1 Å². The molecule has 1 aromatic heterocycles. The average Bonchev–Trinajstić information content (AvgIpc) is 3.15. The maximum atomic E-state index is 12.9. The number of pyridine rings is 1. The summed E-state index contributed by atoms with van der Waals surface area (Å²) in [5.41, 5.74) is 2.21. The summed E-state index contributed by atoms with van der Waals surface area (Å²) in [4.78, 5) is 17.4. The van der Waals surface area contributed by atoms with Gasteiger partial charge in [-0.1, -0.05) is 36.8 Å². The Labute approximate surface area is 176 Å². The van der Waals surface area contributed by atoms with Crippen LogP contribution in [-0.4, -0.2) is 19.3 Å². The molecule has 0 radical (unpaired) electrons. The zero-order valence-corrected chi connectivity index (χ0v) is 17.8. The molecule has 0 saturated carbocycles. The number of fused-ring (bicyclic) bond motifs is 2. The van der Waals surface area contributed by atoms with Gasteiger partial charge in [0.2, 0.25) is 5.13 Å². The first kappa shape index (κ1) is 19.1. The van der Waals surface area contributed by atoms with Gasteiger partial charge in [0, 0.05) is 12.2 Å². The van der Waals surface area contributed by atoms with Gasteiger partial charge in [0.25, 0.3) is 5.56 Å². The van der Waals surface area contributed by atoms with Crippen molar-refractivity contribution in [3.05, 3.63) is 46.4 Å². The van der Waals surface area contributed by atoms with Crippen molar-refractivity contribution in [1.29, 1.82) is 0 Å². The van der Waals surface area contributed by atoms with Gasteiger partial charge in [0.05, 0.1) is 21.5 Å². The molecule has 0 saturated heterocycles. The van der Waals surface area contributed by atoms with Crippen LogP contribution in [0, 0.1) is 6.92 Å². The van der Waals surface area contributed by atoms with Crippen LogP contribution in [0.4, 0.5) is 0 Å². The number of aromatic nitrogens is 4. The molecule has 0 atom stereocenters. The first-order chi connectivity index (χ1) is 12.1. The standard InChI is InChI=1S/C18H18N4O2S.Na/c1-3-4-9-21-11(2)16-13(10-15(21)23)20-22(17(16)24)18-19-12-7-5-6-8-14(12)25-18;/h5-8,10,23H,3-4,9H2,1-2H3;/q;+1/p-1. The summed E-state index contributed by atoms with van der Waals surface area (Å²) in [6.07, 6.45) is 1.88. The minimum Gasteiger partial charge on any atom is -0.860 e. The second kappa shape index (κ2) is 7.52. The molecule has 128 valence electrons. The van der Waals surface area contributed by atoms with Crippen molar-refractivity contribution in [1.82, 2.24) is 19.3 Å². The van der Waals surface area contributed by atoms with E-state index in [9.17, 15) is 9.90 Å². The van der Waals surface area contributed by atoms with Crippen LogP contribution in [0.5, 0.6) is 5.88 Å². The molecule has 6 nitrogen and oxygen atoms in total. The van der Waals surface area contributed by atoms with Gasteiger partial charge in [0.1, 0.15) is 0 Å². The maximum Gasteiger partial charge on any atom is 1.00 e. The van der Waals surface area contributed by atoms with E-state index >= 15 is 0 Å². The van der Waals surface area contributed by atoms with Gasteiger partial charge in [-0.05, 0) is 37.4 Å². The van der Waals surface area contributed by atoms with Gasteiger partial charge < -0.3 is 9.67 Å². The van der Waals surface area contributed by atoms with Crippen molar-refractivity contribution in [3.8, 4) is 22.3 Å². The van der Waals surface area contributed by atoms with Crippen LogP contribution in [-0.2, 0) is 6.54 Å². The molecule has 0 amide bonds. The van der Waals surface area contributed by atoms with Crippen LogP contribution in [0.2, 0.25) is 0 Å². The molecular formula is C18H17N4NaO2S. The Morgan fingerprint density at radius 2 is 2.04 bits per heavy atom. The quantitative estimate of drug-likeness (QED) is 0.468. The van der Waals surface area contributed by atoms with Crippen LogP contribution >= 0.6 is 11.3 Å². The Morgan fingerprint density at radius 1 is 1.27 bits per heavy atom. The van der Waals surface area contributed by atoms with E-state index in [1.807, 2.05) is 31.2 Å². The van der Waals surface area contributed by atoms with E-state index in [0.29, 0.717) is 28.6 Å². The number of rotatable bonds is 4. The van der Waals surface area contributed by atoms with Crippen molar-refractivity contribution in [2.45, 2.75) is 33.2 Å². The zero-order valence-electron chi connectivity index (χ0n) is 15.0. The van der Waals surface area contributed by atoms with Crippen molar-refractivity contribution in [2.75, 3.05) is 0 Å². The van der Waals surface area contributed by atoms with Gasteiger partial charge in [-0.2, -0.15) is 9.78 Å². The Hall–Kier alpha value is -1.67. The van der Waals surface area contributed by atoms with E-state index in [0.717, 1.165) is 23.1 Å². The predicted molar refractivity (Wildman–Crippen MR) is 96.7 cm³/mol. The third-order valence-electron chi connectivity index (χ3n) is 4.36. The van der Waals surface area contributed by atoms with E-state index in [2.05, 4.69) is 17.0 Å². The number of hydrogen-bond acceptors (Lipinski definition) is 5. The van der Waals surface area contributed by atoms with Crippen LogP contribution in [0.1, 0.15) is 25.5 Å². The molecule has 0 N–H and O–H groups in total. The smallest absolute Gasteiger partial charge is 0.860 e. The number of unbranched alkanes of at least 4 members (excludes halogenated alkanes) is 1. The molecule has 0 fully saturated rings. The molecular weight excluding hydrogens is 359 g/mol. The molecule has 2 aliphatic rings. The summed E-state index contributed by atoms with van der Waals surface area (Å²) in [5.74, 6) is -0.118. The number of thiazole rings is 1. The summed E-state index contributed by atoms with van der Waals surface area (Å²) in [5, 5.41) is 17.2. The number of nitrogens with zero attached hydrogens (tertiary/aromatic N) is 4. The first-order valence-electron chi connectivity index (χ1n) is 8.26. The van der Waals surface area contributed by atoms with Gasteiger partial charge in [-0.3, -0.25) is 4.79 Å². The van der Waals surface area contributed by atoms with Crippen LogP contribution in [0.25, 0.3) is 26.6 Å². The normalized spacial score (nSPS) is 11.2. The molecule has 2 aliphatic heterocycles. The van der Waals surface area contributed by atoms with Crippen LogP contribution in [0.3, 0.4) is 0 Å². The number of para-hydroxylation sites is 1. The summed E-state index contributed by atoms with van der Waals surface area (Å²) < 4.78 is 3.97. The van der Waals surface area contributed by atoms with Crippen molar-refractivity contribution >= 4 is 21.6 Å². The summed E-state index contributed by atoms with van der Waals surface area (Å²) in [6, 6.07) is 9.16. The van der Waals surface area contributed by atoms with Crippen molar-refractivity contribution < 1.29 is 34.7 Å². The fourth-order valence-electron chi connectivity index (χ4n) is 3.03. The average molecular weight is 376 g/mol. The van der Waals surface area contributed by atoms with Crippen molar-refractivity contribution in [3.63, 3.8) is 0 Å². The monoisotopic (exact) mass is 376 g/mol. The Bertz CT molecular complexity index is 1070. The third-order valence-corrected chi connectivity index (χ3v) is 5.37. The summed E-state index contributed by atoms with van der Waals surface area (Å²) in [6.45, 7) is 4.50. The molecule has 8 heteroatoms. The Kier molecular flexibility index (Phi) is 5.53. The summed E-state index contributed by atoms with van der Waals surface area (Å²) >= 11 is 1.41. The molecule has 2 aromatic rings. The van der Waals surface area contributed by atoms with Crippen molar-refractivity contribution in [2.24, 2.45) is 0 Å². The number of benzene rings is 1. The second-order valence-electron chi connectivity index (χ2n) is 6.01. The minimum absolute atomic E-state index is 0. The molecule has 4 rings (SSSR count). The van der Waals surface area contributed by atoms with E-state index in [1.54, 1.807) is 4.57 Å². The molecule has 0 spiro atoms. The fraction of sp³-hybridized carbons (Fsp3) is 0.278. The topological polar surface area (TPSA) is 75.8 Å². The third kappa shape index (κ3) is 3.09. The van der Waals surface area contributed by atoms with E-state index in [1.165, 1.54) is 22.1 Å². The predicted octanol–water partition coefficient (Wildman–Crippen LogP) is -0.0654. The molecule has 26 heavy (non-hydrogen) atoms. The van der Waals surface area contributed by atoms with E-state index in [4.69, 9.17) is 0 Å². The zero-order chi connectivity index (χ0) is 17.6. The number of hydrogen-bond donors (Lipinski definition) is 0. The molecule has 3 heterocycles. The maximum absolute atomic E-state index is 12.9. The first-order valence-corrected chi connectivity index (χ1v) is 9.08. The van der Waals surface area contributed by atoms with Gasteiger partial charge in [0.15, 0.2) is 0 Å². The largest absolute Gasteiger partial charge is 1.00 e. The molecule has 1 aromatic carbocycles. The van der Waals surface area contributed by atoms with Gasteiger partial charge in [-0.15, -0.1) is 0 Å². The van der Waals surface area contributed by atoms with Crippen LogP contribution < -0.4 is 40.2 Å². The van der Waals surface area contributed by atoms with E-state index < -0.39 is 0 Å². The van der Waals surface area contributed by atoms with E-state index in [-0.39, 0.29) is 41.0 Å². The fourth-order valence-corrected chi connectivity index (χ4v) is 3.95.